The smallest absolute Gasteiger partial charge is 0.206 e. The zero-order chi connectivity index (χ0) is 16.6. The summed E-state index contributed by atoms with van der Waals surface area (Å²) in [7, 11) is 0. The van der Waals surface area contributed by atoms with Crippen molar-refractivity contribution < 1.29 is 0 Å². The summed E-state index contributed by atoms with van der Waals surface area (Å²) in [5.41, 5.74) is 10.3. The Morgan fingerprint density at radius 2 is 1.68 bits per heavy atom. The van der Waals surface area contributed by atoms with Crippen LogP contribution in [0.2, 0.25) is 0 Å². The van der Waals surface area contributed by atoms with Crippen LogP contribution in [0, 0.1) is 0 Å². The topological polar surface area (TPSA) is 39.7 Å². The van der Waals surface area contributed by atoms with E-state index >= 15 is 0 Å². The third-order valence-electron chi connectivity index (χ3n) is 4.46. The number of rotatable bonds is 2. The molecule has 5 rings (SSSR count). The van der Waals surface area contributed by atoms with Crippen molar-refractivity contribution in [2.24, 2.45) is 5.10 Å². The van der Waals surface area contributed by atoms with Gasteiger partial charge in [0, 0.05) is 11.0 Å². The van der Waals surface area contributed by atoms with Crippen molar-refractivity contribution in [3.63, 3.8) is 0 Å². The number of thioether (sulfide) groups is 1. The molecule has 2 aliphatic heterocycles. The van der Waals surface area contributed by atoms with E-state index < -0.39 is 0 Å². The summed E-state index contributed by atoms with van der Waals surface area (Å²) in [4.78, 5) is 0. The molecule has 3 aromatic rings. The first-order valence-electron chi connectivity index (χ1n) is 8.19. The van der Waals surface area contributed by atoms with Crippen LogP contribution in [0.5, 0.6) is 0 Å². The SMILES string of the molecule is C1=C(c2ccccc2)N2NC(c3cccc4ccccc34)NN=C2S1. The van der Waals surface area contributed by atoms with Gasteiger partial charge in [0.15, 0.2) is 0 Å². The highest BCUT2D eigenvalue weighted by molar-refractivity contribution is 8.16. The Kier molecular flexibility index (Phi) is 3.47. The molecule has 0 aliphatic carbocycles. The van der Waals surface area contributed by atoms with Gasteiger partial charge in [-0.25, -0.2) is 5.01 Å². The largest absolute Gasteiger partial charge is 0.284 e. The number of hydrogen-bond acceptors (Lipinski definition) is 5. The van der Waals surface area contributed by atoms with Gasteiger partial charge in [-0.3, -0.25) is 5.43 Å². The summed E-state index contributed by atoms with van der Waals surface area (Å²) in [5, 5.41) is 12.1. The van der Waals surface area contributed by atoms with E-state index in [0.717, 1.165) is 10.9 Å². The van der Waals surface area contributed by atoms with Crippen LogP contribution in [0.4, 0.5) is 0 Å². The summed E-state index contributed by atoms with van der Waals surface area (Å²) >= 11 is 1.62. The molecule has 0 bridgehead atoms. The molecule has 0 saturated heterocycles. The fourth-order valence-electron chi connectivity index (χ4n) is 3.24. The van der Waals surface area contributed by atoms with Gasteiger partial charge >= 0.3 is 0 Å². The zero-order valence-corrected chi connectivity index (χ0v) is 14.2. The van der Waals surface area contributed by atoms with E-state index in [-0.39, 0.29) is 6.17 Å². The number of nitrogens with zero attached hydrogens (tertiary/aromatic N) is 2. The zero-order valence-electron chi connectivity index (χ0n) is 13.4. The molecule has 1 atom stereocenters. The normalized spacial score (nSPS) is 19.2. The quantitative estimate of drug-likeness (QED) is 0.728. The average Bonchev–Trinajstić information content (AvgIpc) is 3.11. The molecule has 2 heterocycles. The van der Waals surface area contributed by atoms with Gasteiger partial charge in [-0.05, 0) is 16.3 Å². The highest BCUT2D eigenvalue weighted by atomic mass is 32.2. The lowest BCUT2D eigenvalue weighted by molar-refractivity contribution is 0.291. The van der Waals surface area contributed by atoms with Gasteiger partial charge < -0.3 is 0 Å². The second-order valence-corrected chi connectivity index (χ2v) is 6.81. The number of hydrazone groups is 1. The predicted octanol–water partition coefficient (Wildman–Crippen LogP) is 4.26. The third kappa shape index (κ3) is 2.49. The Bertz CT molecular complexity index is 992. The molecule has 4 nitrogen and oxygen atoms in total. The van der Waals surface area contributed by atoms with E-state index in [2.05, 4.69) is 93.1 Å². The van der Waals surface area contributed by atoms with Crippen LogP contribution in [0.25, 0.3) is 16.5 Å². The van der Waals surface area contributed by atoms with E-state index in [4.69, 9.17) is 0 Å². The van der Waals surface area contributed by atoms with Gasteiger partial charge in [-0.1, -0.05) is 84.6 Å². The Morgan fingerprint density at radius 1 is 0.880 bits per heavy atom. The molecule has 0 saturated carbocycles. The highest BCUT2D eigenvalue weighted by Crippen LogP contribution is 2.35. The molecule has 2 aliphatic rings. The van der Waals surface area contributed by atoms with E-state index in [1.54, 1.807) is 11.8 Å². The molecule has 0 amide bonds. The van der Waals surface area contributed by atoms with Crippen LogP contribution in [0.3, 0.4) is 0 Å². The van der Waals surface area contributed by atoms with Crippen LogP contribution < -0.4 is 10.9 Å². The number of benzene rings is 3. The van der Waals surface area contributed by atoms with Crippen LogP contribution in [-0.2, 0) is 0 Å². The maximum Gasteiger partial charge on any atom is 0.206 e. The molecule has 3 aromatic carbocycles. The van der Waals surface area contributed by atoms with Crippen molar-refractivity contribution >= 4 is 33.4 Å². The molecule has 0 radical (unpaired) electrons. The monoisotopic (exact) mass is 344 g/mol. The lowest BCUT2D eigenvalue weighted by Gasteiger charge is -2.33. The fourth-order valence-corrected chi connectivity index (χ4v) is 4.06. The second kappa shape index (κ2) is 5.95. The van der Waals surface area contributed by atoms with Crippen molar-refractivity contribution in [1.29, 1.82) is 0 Å². The van der Waals surface area contributed by atoms with Gasteiger partial charge in [0.25, 0.3) is 0 Å². The number of hydrogen-bond donors (Lipinski definition) is 2. The van der Waals surface area contributed by atoms with Crippen molar-refractivity contribution in [2.75, 3.05) is 0 Å². The lowest BCUT2D eigenvalue weighted by atomic mass is 10.0. The first-order chi connectivity index (χ1) is 12.4. The van der Waals surface area contributed by atoms with E-state index in [1.807, 2.05) is 6.07 Å². The molecule has 0 aromatic heterocycles. The molecule has 2 N–H and O–H groups in total. The molecule has 25 heavy (non-hydrogen) atoms. The first-order valence-corrected chi connectivity index (χ1v) is 9.07. The summed E-state index contributed by atoms with van der Waals surface area (Å²) in [6.07, 6.45) is -0.0827. The Balaban J connectivity index is 1.51. The van der Waals surface area contributed by atoms with Gasteiger partial charge in [0.2, 0.25) is 5.17 Å². The minimum atomic E-state index is -0.0827. The van der Waals surface area contributed by atoms with Gasteiger partial charge in [-0.15, -0.1) is 0 Å². The van der Waals surface area contributed by atoms with Crippen LogP contribution in [0.15, 0.2) is 83.3 Å². The first kappa shape index (κ1) is 14.6. The molecule has 0 fully saturated rings. The summed E-state index contributed by atoms with van der Waals surface area (Å²) in [6, 6.07) is 25.2. The van der Waals surface area contributed by atoms with E-state index in [9.17, 15) is 0 Å². The molecular formula is C20H16N4S. The third-order valence-corrected chi connectivity index (χ3v) is 5.29. The number of hydrazine groups is 1. The van der Waals surface area contributed by atoms with Gasteiger partial charge in [-0.2, -0.15) is 10.5 Å². The molecule has 5 heteroatoms. The van der Waals surface area contributed by atoms with Crippen LogP contribution in [0.1, 0.15) is 17.3 Å². The van der Waals surface area contributed by atoms with Crippen molar-refractivity contribution in [2.45, 2.75) is 6.17 Å². The van der Waals surface area contributed by atoms with Gasteiger partial charge in [0.05, 0.1) is 5.70 Å². The predicted molar refractivity (Wildman–Crippen MR) is 104 cm³/mol. The molecule has 1 unspecified atom stereocenters. The maximum absolute atomic E-state index is 4.57. The van der Waals surface area contributed by atoms with Gasteiger partial charge in [0.1, 0.15) is 6.17 Å². The van der Waals surface area contributed by atoms with Crippen LogP contribution in [-0.4, -0.2) is 10.2 Å². The lowest BCUT2D eigenvalue weighted by Crippen LogP contribution is -2.49. The summed E-state index contributed by atoms with van der Waals surface area (Å²) in [5.74, 6) is 0. The molecular weight excluding hydrogens is 328 g/mol. The fraction of sp³-hybridized carbons (Fsp3) is 0.0500. The average molecular weight is 344 g/mol. The molecule has 122 valence electrons. The summed E-state index contributed by atoms with van der Waals surface area (Å²) in [6.45, 7) is 0. The van der Waals surface area contributed by atoms with E-state index in [0.29, 0.717) is 0 Å². The van der Waals surface area contributed by atoms with Crippen molar-refractivity contribution in [1.82, 2.24) is 15.9 Å². The van der Waals surface area contributed by atoms with Crippen molar-refractivity contribution in [3.8, 4) is 0 Å². The molecule has 0 spiro atoms. The standard InChI is InChI=1S/C20H16N4S/c1-2-8-15(9-3-1)18-13-25-20-22-21-19(23-24(18)20)17-12-6-10-14-7-4-5-11-16(14)17/h1-13,19,21,23H. The maximum atomic E-state index is 4.57. The van der Waals surface area contributed by atoms with E-state index in [1.165, 1.54) is 21.9 Å². The Morgan fingerprint density at radius 3 is 2.60 bits per heavy atom. The number of fused-ring (bicyclic) bond motifs is 2. The van der Waals surface area contributed by atoms with Crippen molar-refractivity contribution in [3.05, 3.63) is 89.3 Å². The Hall–Kier alpha value is -2.76. The minimum Gasteiger partial charge on any atom is -0.284 e. The Labute approximate surface area is 150 Å². The highest BCUT2D eigenvalue weighted by Gasteiger charge is 2.31. The number of nitrogens with one attached hydrogen (secondary N) is 2. The second-order valence-electron chi connectivity index (χ2n) is 5.98. The number of amidine groups is 1. The minimum absolute atomic E-state index is 0.0827. The summed E-state index contributed by atoms with van der Waals surface area (Å²) < 4.78 is 0. The van der Waals surface area contributed by atoms with Crippen LogP contribution >= 0.6 is 11.8 Å².